The van der Waals surface area contributed by atoms with Crippen LogP contribution in [0.3, 0.4) is 0 Å². The third-order valence-electron chi connectivity index (χ3n) is 2.14. The topological polar surface area (TPSA) is 0 Å². The minimum Gasteiger partial charge on any atom is -0.0928 e. The van der Waals surface area contributed by atoms with Crippen molar-refractivity contribution in [3.63, 3.8) is 0 Å². The van der Waals surface area contributed by atoms with Crippen molar-refractivity contribution in [2.45, 2.75) is 26.2 Å². The van der Waals surface area contributed by atoms with E-state index in [0.29, 0.717) is 0 Å². The number of rotatable bonds is 4. The molecule has 13 heavy (non-hydrogen) atoms. The maximum absolute atomic E-state index is 3.50. The van der Waals surface area contributed by atoms with E-state index in [4.69, 9.17) is 0 Å². The standard InChI is InChI=1S/C11H14Br2/c1-9-5-6-11(13)8-10(9)4-2-3-7-12/h5-6,8H,2-4,7H2,1H3. The van der Waals surface area contributed by atoms with Crippen LogP contribution in [0, 0.1) is 6.92 Å². The van der Waals surface area contributed by atoms with Gasteiger partial charge in [0.25, 0.3) is 0 Å². The van der Waals surface area contributed by atoms with Crippen molar-refractivity contribution in [1.82, 2.24) is 0 Å². The Labute approximate surface area is 97.0 Å². The van der Waals surface area contributed by atoms with Crippen LogP contribution in [-0.4, -0.2) is 5.33 Å². The van der Waals surface area contributed by atoms with E-state index >= 15 is 0 Å². The Morgan fingerprint density at radius 1 is 1.23 bits per heavy atom. The van der Waals surface area contributed by atoms with Crippen LogP contribution in [0.4, 0.5) is 0 Å². The molecule has 0 unspecified atom stereocenters. The molecule has 0 fully saturated rings. The second-order valence-corrected chi connectivity index (χ2v) is 4.93. The van der Waals surface area contributed by atoms with Gasteiger partial charge in [0.1, 0.15) is 0 Å². The fourth-order valence-corrected chi connectivity index (χ4v) is 2.12. The molecule has 0 nitrogen and oxygen atoms in total. The summed E-state index contributed by atoms with van der Waals surface area (Å²) in [5.74, 6) is 0. The number of benzene rings is 1. The molecule has 1 aromatic carbocycles. The Morgan fingerprint density at radius 3 is 2.69 bits per heavy atom. The summed E-state index contributed by atoms with van der Waals surface area (Å²) < 4.78 is 1.19. The maximum Gasteiger partial charge on any atom is 0.0178 e. The summed E-state index contributed by atoms with van der Waals surface area (Å²) >= 11 is 6.94. The van der Waals surface area contributed by atoms with Crippen molar-refractivity contribution in [2.75, 3.05) is 5.33 Å². The van der Waals surface area contributed by atoms with Gasteiger partial charge >= 0.3 is 0 Å². The van der Waals surface area contributed by atoms with E-state index in [9.17, 15) is 0 Å². The van der Waals surface area contributed by atoms with Gasteiger partial charge in [0.15, 0.2) is 0 Å². The lowest BCUT2D eigenvalue weighted by molar-refractivity contribution is 0.801. The number of unbranched alkanes of at least 4 members (excludes halogenated alkanes) is 1. The van der Waals surface area contributed by atoms with E-state index in [1.165, 1.54) is 34.9 Å². The zero-order chi connectivity index (χ0) is 9.68. The van der Waals surface area contributed by atoms with E-state index in [-0.39, 0.29) is 0 Å². The molecule has 0 radical (unpaired) electrons. The zero-order valence-electron chi connectivity index (χ0n) is 7.82. The van der Waals surface area contributed by atoms with E-state index < -0.39 is 0 Å². The molecule has 0 aliphatic carbocycles. The smallest absolute Gasteiger partial charge is 0.0178 e. The number of aryl methyl sites for hydroxylation is 2. The van der Waals surface area contributed by atoms with Crippen molar-refractivity contribution >= 4 is 31.9 Å². The number of hydrogen-bond acceptors (Lipinski definition) is 0. The first kappa shape index (κ1) is 11.3. The van der Waals surface area contributed by atoms with Crippen LogP contribution in [0.2, 0.25) is 0 Å². The van der Waals surface area contributed by atoms with Crippen molar-refractivity contribution in [1.29, 1.82) is 0 Å². The van der Waals surface area contributed by atoms with Crippen LogP contribution >= 0.6 is 31.9 Å². The Bertz CT molecular complexity index is 269. The Hall–Kier alpha value is 0.180. The maximum atomic E-state index is 3.50. The van der Waals surface area contributed by atoms with Gasteiger partial charge in [-0.05, 0) is 49.4 Å². The van der Waals surface area contributed by atoms with Gasteiger partial charge < -0.3 is 0 Å². The normalized spacial score (nSPS) is 10.4. The SMILES string of the molecule is Cc1ccc(Br)cc1CCCCBr. The van der Waals surface area contributed by atoms with Crippen LogP contribution in [-0.2, 0) is 6.42 Å². The third kappa shape index (κ3) is 3.82. The van der Waals surface area contributed by atoms with Crippen LogP contribution in [0.25, 0.3) is 0 Å². The second-order valence-electron chi connectivity index (χ2n) is 3.22. The van der Waals surface area contributed by atoms with E-state index in [1.54, 1.807) is 0 Å². The Morgan fingerprint density at radius 2 is 2.00 bits per heavy atom. The number of alkyl halides is 1. The molecular weight excluding hydrogens is 292 g/mol. The van der Waals surface area contributed by atoms with Gasteiger partial charge in [0.2, 0.25) is 0 Å². The molecule has 0 atom stereocenters. The van der Waals surface area contributed by atoms with E-state index in [2.05, 4.69) is 57.0 Å². The number of hydrogen-bond donors (Lipinski definition) is 0. The van der Waals surface area contributed by atoms with Crippen molar-refractivity contribution in [3.05, 3.63) is 33.8 Å². The number of halogens is 2. The summed E-state index contributed by atoms with van der Waals surface area (Å²) in [5.41, 5.74) is 2.87. The predicted octanol–water partition coefficient (Wildman–Crippen LogP) is 4.48. The van der Waals surface area contributed by atoms with E-state index in [1.807, 2.05) is 0 Å². The Balaban J connectivity index is 2.59. The zero-order valence-corrected chi connectivity index (χ0v) is 11.0. The van der Waals surface area contributed by atoms with Crippen LogP contribution in [0.1, 0.15) is 24.0 Å². The minimum atomic E-state index is 1.11. The molecule has 1 aromatic rings. The highest BCUT2D eigenvalue weighted by Gasteiger charge is 1.98. The molecule has 0 N–H and O–H groups in total. The molecule has 0 amide bonds. The highest BCUT2D eigenvalue weighted by molar-refractivity contribution is 9.10. The highest BCUT2D eigenvalue weighted by Crippen LogP contribution is 2.17. The molecule has 0 saturated heterocycles. The van der Waals surface area contributed by atoms with Crippen LogP contribution in [0.15, 0.2) is 22.7 Å². The molecule has 1 rings (SSSR count). The average Bonchev–Trinajstić information content (AvgIpc) is 2.11. The molecule has 72 valence electrons. The molecule has 2 heteroatoms. The van der Waals surface area contributed by atoms with Gasteiger partial charge in [0.05, 0.1) is 0 Å². The molecule has 0 spiro atoms. The monoisotopic (exact) mass is 304 g/mol. The van der Waals surface area contributed by atoms with Gasteiger partial charge in [-0.3, -0.25) is 0 Å². The Kier molecular flexibility index (Phi) is 5.04. The molecule has 0 aliphatic heterocycles. The summed E-state index contributed by atoms with van der Waals surface area (Å²) in [6, 6.07) is 6.50. The molecule has 0 saturated carbocycles. The van der Waals surface area contributed by atoms with Gasteiger partial charge in [-0.15, -0.1) is 0 Å². The lowest BCUT2D eigenvalue weighted by atomic mass is 10.0. The summed E-state index contributed by atoms with van der Waals surface area (Å²) in [5, 5.41) is 1.11. The molecule has 0 aliphatic rings. The van der Waals surface area contributed by atoms with Crippen molar-refractivity contribution in [3.8, 4) is 0 Å². The van der Waals surface area contributed by atoms with Crippen LogP contribution in [0.5, 0.6) is 0 Å². The second kappa shape index (κ2) is 5.82. The summed E-state index contributed by atoms with van der Waals surface area (Å²) in [7, 11) is 0. The molecule has 0 bridgehead atoms. The molecular formula is C11H14Br2. The molecule has 0 heterocycles. The highest BCUT2D eigenvalue weighted by atomic mass is 79.9. The summed E-state index contributed by atoms with van der Waals surface area (Å²) in [6.45, 7) is 2.18. The average molecular weight is 306 g/mol. The van der Waals surface area contributed by atoms with E-state index in [0.717, 1.165) is 5.33 Å². The lowest BCUT2D eigenvalue weighted by Gasteiger charge is -2.05. The summed E-state index contributed by atoms with van der Waals surface area (Å²) in [4.78, 5) is 0. The van der Waals surface area contributed by atoms with Gasteiger partial charge in [0, 0.05) is 9.80 Å². The summed E-state index contributed by atoms with van der Waals surface area (Å²) in [6.07, 6.45) is 3.71. The van der Waals surface area contributed by atoms with Crippen molar-refractivity contribution < 1.29 is 0 Å². The minimum absolute atomic E-state index is 1.11. The first-order chi connectivity index (χ1) is 6.24. The fraction of sp³-hybridized carbons (Fsp3) is 0.455. The first-order valence-electron chi connectivity index (χ1n) is 4.55. The predicted molar refractivity (Wildman–Crippen MR) is 65.6 cm³/mol. The largest absolute Gasteiger partial charge is 0.0928 e. The molecule has 0 aromatic heterocycles. The van der Waals surface area contributed by atoms with Gasteiger partial charge in [-0.1, -0.05) is 37.9 Å². The fourth-order valence-electron chi connectivity index (χ4n) is 1.32. The lowest BCUT2D eigenvalue weighted by Crippen LogP contribution is -1.90. The van der Waals surface area contributed by atoms with Gasteiger partial charge in [-0.2, -0.15) is 0 Å². The van der Waals surface area contributed by atoms with Crippen LogP contribution < -0.4 is 0 Å². The quantitative estimate of drug-likeness (QED) is 0.568. The first-order valence-corrected chi connectivity index (χ1v) is 6.46. The van der Waals surface area contributed by atoms with Gasteiger partial charge in [-0.25, -0.2) is 0 Å². The third-order valence-corrected chi connectivity index (χ3v) is 3.19. The van der Waals surface area contributed by atoms with Crippen molar-refractivity contribution in [2.24, 2.45) is 0 Å².